The van der Waals surface area contributed by atoms with Crippen molar-refractivity contribution in [3.05, 3.63) is 48.3 Å². The van der Waals surface area contributed by atoms with Crippen molar-refractivity contribution in [1.29, 1.82) is 0 Å². The van der Waals surface area contributed by atoms with Crippen LogP contribution >= 0.6 is 0 Å². The Morgan fingerprint density at radius 1 is 1.18 bits per heavy atom. The SMILES string of the molecule is CC(C)(C)n1cc(CNc2ccccc2)cn1. The predicted molar refractivity (Wildman–Crippen MR) is 71.0 cm³/mol. The third kappa shape index (κ3) is 3.09. The van der Waals surface area contributed by atoms with Gasteiger partial charge in [-0.15, -0.1) is 0 Å². The van der Waals surface area contributed by atoms with Crippen molar-refractivity contribution in [3.63, 3.8) is 0 Å². The Morgan fingerprint density at radius 2 is 1.88 bits per heavy atom. The molecule has 1 heterocycles. The van der Waals surface area contributed by atoms with Crippen LogP contribution in [0, 0.1) is 0 Å². The monoisotopic (exact) mass is 229 g/mol. The third-order valence-corrected chi connectivity index (χ3v) is 2.59. The van der Waals surface area contributed by atoms with E-state index in [1.165, 1.54) is 5.56 Å². The molecule has 17 heavy (non-hydrogen) atoms. The summed E-state index contributed by atoms with van der Waals surface area (Å²) in [5.41, 5.74) is 2.38. The fourth-order valence-corrected chi connectivity index (χ4v) is 1.58. The van der Waals surface area contributed by atoms with Crippen molar-refractivity contribution in [3.8, 4) is 0 Å². The quantitative estimate of drug-likeness (QED) is 0.875. The molecule has 1 aromatic heterocycles. The van der Waals surface area contributed by atoms with Crippen LogP contribution in [0.25, 0.3) is 0 Å². The van der Waals surface area contributed by atoms with Gasteiger partial charge >= 0.3 is 0 Å². The Labute approximate surface area is 102 Å². The van der Waals surface area contributed by atoms with Crippen LogP contribution in [-0.4, -0.2) is 9.78 Å². The molecule has 0 radical (unpaired) electrons. The lowest BCUT2D eigenvalue weighted by Crippen LogP contribution is -2.21. The zero-order valence-corrected chi connectivity index (χ0v) is 10.6. The van der Waals surface area contributed by atoms with Crippen LogP contribution in [0.4, 0.5) is 5.69 Å². The molecule has 0 saturated carbocycles. The van der Waals surface area contributed by atoms with Crippen LogP contribution in [-0.2, 0) is 12.1 Å². The molecule has 1 N–H and O–H groups in total. The number of nitrogens with zero attached hydrogens (tertiary/aromatic N) is 2. The smallest absolute Gasteiger partial charge is 0.0543 e. The van der Waals surface area contributed by atoms with Gasteiger partial charge in [0.05, 0.1) is 11.7 Å². The van der Waals surface area contributed by atoms with Crippen LogP contribution in [0.2, 0.25) is 0 Å². The van der Waals surface area contributed by atoms with Crippen molar-refractivity contribution in [2.75, 3.05) is 5.32 Å². The molecule has 2 rings (SSSR count). The van der Waals surface area contributed by atoms with Crippen LogP contribution < -0.4 is 5.32 Å². The van der Waals surface area contributed by atoms with E-state index in [4.69, 9.17) is 0 Å². The van der Waals surface area contributed by atoms with Gasteiger partial charge in [-0.05, 0) is 32.9 Å². The van der Waals surface area contributed by atoms with Crippen molar-refractivity contribution in [1.82, 2.24) is 9.78 Å². The third-order valence-electron chi connectivity index (χ3n) is 2.59. The molecule has 2 aromatic rings. The maximum absolute atomic E-state index is 4.38. The van der Waals surface area contributed by atoms with Gasteiger partial charge in [0, 0.05) is 24.0 Å². The second-order valence-corrected chi connectivity index (χ2v) is 5.18. The molecule has 0 fully saturated rings. The van der Waals surface area contributed by atoms with Crippen LogP contribution in [0.3, 0.4) is 0 Å². The van der Waals surface area contributed by atoms with Gasteiger partial charge < -0.3 is 5.32 Å². The van der Waals surface area contributed by atoms with E-state index in [1.54, 1.807) is 0 Å². The first-order chi connectivity index (χ1) is 8.05. The van der Waals surface area contributed by atoms with Crippen molar-refractivity contribution in [2.45, 2.75) is 32.9 Å². The van der Waals surface area contributed by atoms with E-state index in [2.05, 4.69) is 49.5 Å². The zero-order chi connectivity index (χ0) is 12.3. The number of hydrogen-bond acceptors (Lipinski definition) is 2. The molecule has 0 unspecified atom stereocenters. The minimum atomic E-state index is 0.0466. The van der Waals surface area contributed by atoms with E-state index in [-0.39, 0.29) is 5.54 Å². The second kappa shape index (κ2) is 4.62. The maximum atomic E-state index is 4.38. The van der Waals surface area contributed by atoms with E-state index in [9.17, 15) is 0 Å². The number of para-hydroxylation sites is 1. The molecule has 0 spiro atoms. The van der Waals surface area contributed by atoms with Gasteiger partial charge in [-0.1, -0.05) is 18.2 Å². The highest BCUT2D eigenvalue weighted by atomic mass is 15.3. The molecule has 0 bridgehead atoms. The van der Waals surface area contributed by atoms with Crippen LogP contribution in [0.15, 0.2) is 42.7 Å². The molecule has 0 aliphatic heterocycles. The van der Waals surface area contributed by atoms with Crippen LogP contribution in [0.5, 0.6) is 0 Å². The fraction of sp³-hybridized carbons (Fsp3) is 0.357. The summed E-state index contributed by atoms with van der Waals surface area (Å²) in [6.07, 6.45) is 4.01. The number of nitrogens with one attached hydrogen (secondary N) is 1. The zero-order valence-electron chi connectivity index (χ0n) is 10.6. The van der Waals surface area contributed by atoms with Gasteiger partial charge in [0.2, 0.25) is 0 Å². The highest BCUT2D eigenvalue weighted by molar-refractivity contribution is 5.42. The summed E-state index contributed by atoms with van der Waals surface area (Å²) >= 11 is 0. The second-order valence-electron chi connectivity index (χ2n) is 5.18. The summed E-state index contributed by atoms with van der Waals surface area (Å²) in [5.74, 6) is 0. The lowest BCUT2D eigenvalue weighted by atomic mass is 10.1. The number of benzene rings is 1. The Morgan fingerprint density at radius 3 is 2.47 bits per heavy atom. The molecular formula is C14H19N3. The number of anilines is 1. The molecule has 0 aliphatic carbocycles. The number of hydrogen-bond donors (Lipinski definition) is 1. The highest BCUT2D eigenvalue weighted by Crippen LogP contribution is 2.14. The molecular weight excluding hydrogens is 210 g/mol. The largest absolute Gasteiger partial charge is 0.381 e. The summed E-state index contributed by atoms with van der Waals surface area (Å²) in [7, 11) is 0. The van der Waals surface area contributed by atoms with E-state index >= 15 is 0 Å². The summed E-state index contributed by atoms with van der Waals surface area (Å²) in [6.45, 7) is 7.25. The Kier molecular flexibility index (Phi) is 3.18. The molecule has 3 nitrogen and oxygen atoms in total. The molecule has 0 atom stereocenters. The molecule has 90 valence electrons. The molecule has 1 aromatic carbocycles. The van der Waals surface area contributed by atoms with Gasteiger partial charge in [-0.2, -0.15) is 5.10 Å². The minimum absolute atomic E-state index is 0.0466. The van der Waals surface area contributed by atoms with Gasteiger partial charge in [-0.25, -0.2) is 0 Å². The van der Waals surface area contributed by atoms with Crippen LogP contribution in [0.1, 0.15) is 26.3 Å². The van der Waals surface area contributed by atoms with E-state index in [1.807, 2.05) is 29.1 Å². The topological polar surface area (TPSA) is 29.9 Å². The van der Waals surface area contributed by atoms with Crippen molar-refractivity contribution >= 4 is 5.69 Å². The molecule has 0 saturated heterocycles. The standard InChI is InChI=1S/C14H19N3/c1-14(2,3)17-11-12(10-16-17)9-15-13-7-5-4-6-8-13/h4-8,10-11,15H,9H2,1-3H3. The molecule has 0 amide bonds. The molecule has 3 heteroatoms. The normalized spacial score (nSPS) is 11.5. The highest BCUT2D eigenvalue weighted by Gasteiger charge is 2.13. The first kappa shape index (κ1) is 11.7. The van der Waals surface area contributed by atoms with E-state index < -0.39 is 0 Å². The minimum Gasteiger partial charge on any atom is -0.381 e. The lowest BCUT2D eigenvalue weighted by Gasteiger charge is -2.18. The van der Waals surface area contributed by atoms with E-state index in [0.29, 0.717) is 0 Å². The summed E-state index contributed by atoms with van der Waals surface area (Å²) in [5, 5.41) is 7.75. The van der Waals surface area contributed by atoms with Gasteiger partial charge in [0.15, 0.2) is 0 Å². The van der Waals surface area contributed by atoms with Crippen molar-refractivity contribution in [2.24, 2.45) is 0 Å². The van der Waals surface area contributed by atoms with Gasteiger partial charge in [0.25, 0.3) is 0 Å². The lowest BCUT2D eigenvalue weighted by molar-refractivity contribution is 0.355. The average molecular weight is 229 g/mol. The average Bonchev–Trinajstić information content (AvgIpc) is 2.76. The molecule has 0 aliphatic rings. The summed E-state index contributed by atoms with van der Waals surface area (Å²) in [4.78, 5) is 0. The number of rotatable bonds is 3. The Balaban J connectivity index is 1.99. The number of aromatic nitrogens is 2. The Bertz CT molecular complexity index is 466. The van der Waals surface area contributed by atoms with Gasteiger partial charge in [-0.3, -0.25) is 4.68 Å². The predicted octanol–water partition coefficient (Wildman–Crippen LogP) is 3.25. The Hall–Kier alpha value is -1.77. The van der Waals surface area contributed by atoms with Crippen molar-refractivity contribution < 1.29 is 0 Å². The first-order valence-electron chi connectivity index (χ1n) is 5.89. The maximum Gasteiger partial charge on any atom is 0.0543 e. The van der Waals surface area contributed by atoms with Gasteiger partial charge in [0.1, 0.15) is 0 Å². The fourth-order valence-electron chi connectivity index (χ4n) is 1.58. The first-order valence-corrected chi connectivity index (χ1v) is 5.89. The summed E-state index contributed by atoms with van der Waals surface area (Å²) in [6, 6.07) is 10.2. The van der Waals surface area contributed by atoms with E-state index in [0.717, 1.165) is 12.2 Å². The summed E-state index contributed by atoms with van der Waals surface area (Å²) < 4.78 is 2.00.